The quantitative estimate of drug-likeness (QED) is 0.126. The van der Waals surface area contributed by atoms with Crippen molar-refractivity contribution in [3.63, 3.8) is 0 Å². The summed E-state index contributed by atoms with van der Waals surface area (Å²) in [4.78, 5) is 47.2. The molecule has 10 heteroatoms. The van der Waals surface area contributed by atoms with Gasteiger partial charge in [0.1, 0.15) is 12.1 Å². The number of carbonyl (C=O) groups excluding carboxylic acids is 2. The van der Waals surface area contributed by atoms with Crippen LogP contribution < -0.4 is 5.32 Å². The van der Waals surface area contributed by atoms with E-state index in [1.54, 1.807) is 0 Å². The maximum Gasteiger partial charge on any atom is 0.469 e. The molecule has 2 atom stereocenters. The van der Waals surface area contributed by atoms with Gasteiger partial charge < -0.3 is 24.7 Å². The van der Waals surface area contributed by atoms with Crippen LogP contribution >= 0.6 is 7.82 Å². The topological polar surface area (TPSA) is 125 Å². The fourth-order valence-electron chi connectivity index (χ4n) is 5.78. The van der Waals surface area contributed by atoms with Crippen LogP contribution in [0.15, 0.2) is 91.0 Å². The third-order valence-corrected chi connectivity index (χ3v) is 8.57. The van der Waals surface area contributed by atoms with Gasteiger partial charge in [-0.2, -0.15) is 0 Å². The second-order valence-corrected chi connectivity index (χ2v) is 12.9. The van der Waals surface area contributed by atoms with Crippen molar-refractivity contribution in [2.24, 2.45) is 0 Å². The fourth-order valence-corrected chi connectivity index (χ4v) is 6.15. The third-order valence-electron chi connectivity index (χ3n) is 8.08. The molecule has 1 saturated heterocycles. The molecule has 1 aliphatic rings. The van der Waals surface area contributed by atoms with E-state index >= 15 is 0 Å². The van der Waals surface area contributed by atoms with Gasteiger partial charge >= 0.3 is 19.8 Å². The van der Waals surface area contributed by atoms with E-state index in [1.165, 1.54) is 16.0 Å². The van der Waals surface area contributed by atoms with Gasteiger partial charge in [-0.25, -0.2) is 14.2 Å². The Labute approximate surface area is 266 Å². The normalized spacial score (nSPS) is 15.9. The van der Waals surface area contributed by atoms with Gasteiger partial charge in [0.05, 0.1) is 12.6 Å². The zero-order chi connectivity index (χ0) is 31.9. The van der Waals surface area contributed by atoms with E-state index in [2.05, 4.69) is 29.6 Å². The number of hydrogen-bond acceptors (Lipinski definition) is 5. The second kappa shape index (κ2) is 17.9. The summed E-state index contributed by atoms with van der Waals surface area (Å²) in [5.74, 6) is -0.402. The first-order valence-electron chi connectivity index (χ1n) is 15.9. The number of aryl methyl sites for hydroxylation is 2. The van der Waals surface area contributed by atoms with E-state index in [9.17, 15) is 23.9 Å². The van der Waals surface area contributed by atoms with E-state index in [0.717, 1.165) is 56.9 Å². The van der Waals surface area contributed by atoms with Crippen LogP contribution in [0, 0.1) is 0 Å². The Morgan fingerprint density at radius 1 is 0.822 bits per heavy atom. The zero-order valence-corrected chi connectivity index (χ0v) is 26.6. The van der Waals surface area contributed by atoms with Crippen molar-refractivity contribution in [1.29, 1.82) is 0 Å². The fraction of sp³-hybridized carbons (Fsp3) is 0.429. The molecular formula is C35H45N2O7P. The second-order valence-electron chi connectivity index (χ2n) is 11.6. The average Bonchev–Trinajstić information content (AvgIpc) is 3.04. The summed E-state index contributed by atoms with van der Waals surface area (Å²) < 4.78 is 22.3. The standard InChI is InChI=1S/C35H45N2O7P/c38-34(44-32(22-12-20-28-14-4-1-5-15-28)23-13-21-29-16-6-2-7-17-29)33-24-10-11-25-37(33)35(39)36-31(27-43-45(40,41)42)26-30-18-8-3-9-19-30/h1-9,14-19,31-33H,10-13,20-27H2,(H,36,39)(H2,40,41,42)/t31?,33-/m0/s1. The average molecular weight is 637 g/mol. The molecule has 0 radical (unpaired) electrons. The van der Waals surface area contributed by atoms with Crippen molar-refractivity contribution in [3.05, 3.63) is 108 Å². The molecule has 1 heterocycles. The van der Waals surface area contributed by atoms with E-state index in [4.69, 9.17) is 9.26 Å². The minimum absolute atomic E-state index is 0.265. The summed E-state index contributed by atoms with van der Waals surface area (Å²) in [7, 11) is -4.74. The first-order valence-corrected chi connectivity index (χ1v) is 17.4. The molecule has 0 spiro atoms. The zero-order valence-electron chi connectivity index (χ0n) is 25.7. The van der Waals surface area contributed by atoms with Crippen molar-refractivity contribution < 1.29 is 33.2 Å². The molecule has 0 aliphatic carbocycles. The molecule has 45 heavy (non-hydrogen) atoms. The van der Waals surface area contributed by atoms with Crippen molar-refractivity contribution in [2.45, 2.75) is 82.4 Å². The molecule has 242 valence electrons. The summed E-state index contributed by atoms with van der Waals surface area (Å²) in [6.07, 6.45) is 7.08. The number of urea groups is 1. The highest BCUT2D eigenvalue weighted by atomic mass is 31.2. The first-order chi connectivity index (χ1) is 21.8. The molecule has 1 aliphatic heterocycles. The van der Waals surface area contributed by atoms with Gasteiger partial charge in [0.15, 0.2) is 0 Å². The highest BCUT2D eigenvalue weighted by Crippen LogP contribution is 2.36. The number of nitrogens with one attached hydrogen (secondary N) is 1. The Kier molecular flexibility index (Phi) is 13.6. The summed E-state index contributed by atoms with van der Waals surface area (Å²) in [6, 6.07) is 27.9. The van der Waals surface area contributed by atoms with Crippen molar-refractivity contribution in [3.8, 4) is 0 Å². The molecule has 3 N–H and O–H groups in total. The minimum atomic E-state index is -4.74. The number of carbonyl (C=O) groups is 2. The molecule has 9 nitrogen and oxygen atoms in total. The number of phosphoric acid groups is 1. The summed E-state index contributed by atoms with van der Waals surface area (Å²) >= 11 is 0. The van der Waals surface area contributed by atoms with Gasteiger partial charge in [0, 0.05) is 6.54 Å². The number of piperidine rings is 1. The van der Waals surface area contributed by atoms with Gasteiger partial charge in [-0.05, 0) is 80.9 Å². The SMILES string of the molecule is O=C(OC(CCCc1ccccc1)CCCc1ccccc1)[C@@H]1CCCCN1C(=O)NC(COP(=O)(O)O)Cc1ccccc1. The highest BCUT2D eigenvalue weighted by Gasteiger charge is 2.35. The molecule has 0 bridgehead atoms. The minimum Gasteiger partial charge on any atom is -0.461 e. The van der Waals surface area contributed by atoms with Crippen LogP contribution in [0.25, 0.3) is 0 Å². The van der Waals surface area contributed by atoms with Gasteiger partial charge in [0.25, 0.3) is 0 Å². The van der Waals surface area contributed by atoms with Crippen LogP contribution in [-0.4, -0.2) is 58.0 Å². The lowest BCUT2D eigenvalue weighted by Crippen LogP contribution is -2.55. The molecule has 0 aromatic heterocycles. The Hall–Kier alpha value is -3.49. The van der Waals surface area contributed by atoms with E-state index < -0.39 is 31.9 Å². The number of nitrogens with zero attached hydrogens (tertiary/aromatic N) is 1. The lowest BCUT2D eigenvalue weighted by molar-refractivity contribution is -0.156. The van der Waals surface area contributed by atoms with Crippen molar-refractivity contribution in [2.75, 3.05) is 13.2 Å². The number of hydrogen-bond donors (Lipinski definition) is 3. The van der Waals surface area contributed by atoms with Gasteiger partial charge in [-0.15, -0.1) is 0 Å². The number of esters is 1. The number of rotatable bonds is 16. The lowest BCUT2D eigenvalue weighted by Gasteiger charge is -2.36. The van der Waals surface area contributed by atoms with Crippen molar-refractivity contribution in [1.82, 2.24) is 10.2 Å². The van der Waals surface area contributed by atoms with E-state index in [1.807, 2.05) is 66.7 Å². The number of amides is 2. The number of benzene rings is 3. The van der Waals surface area contributed by atoms with Crippen LogP contribution in [0.5, 0.6) is 0 Å². The van der Waals surface area contributed by atoms with E-state index in [0.29, 0.717) is 19.4 Å². The van der Waals surface area contributed by atoms with Gasteiger partial charge in [0.2, 0.25) is 0 Å². The third kappa shape index (κ3) is 12.4. The summed E-state index contributed by atoms with van der Waals surface area (Å²) in [6.45, 7) is 0.00839. The summed E-state index contributed by atoms with van der Waals surface area (Å²) in [5, 5.41) is 2.86. The Bertz CT molecular complexity index is 1310. The molecule has 3 aromatic carbocycles. The molecule has 2 amide bonds. The lowest BCUT2D eigenvalue weighted by atomic mass is 10.00. The highest BCUT2D eigenvalue weighted by molar-refractivity contribution is 7.46. The Balaban J connectivity index is 1.39. The summed E-state index contributed by atoms with van der Waals surface area (Å²) in [5.41, 5.74) is 3.37. The first kappa shape index (κ1) is 34.4. The monoisotopic (exact) mass is 636 g/mol. The Morgan fingerprint density at radius 2 is 1.36 bits per heavy atom. The van der Waals surface area contributed by atoms with E-state index in [-0.39, 0.29) is 12.7 Å². The van der Waals surface area contributed by atoms with Crippen LogP contribution in [0.4, 0.5) is 4.79 Å². The van der Waals surface area contributed by atoms with Crippen LogP contribution in [-0.2, 0) is 37.9 Å². The smallest absolute Gasteiger partial charge is 0.461 e. The molecule has 3 aromatic rings. The molecular weight excluding hydrogens is 591 g/mol. The predicted octanol–water partition coefficient (Wildman–Crippen LogP) is 6.23. The van der Waals surface area contributed by atoms with Crippen LogP contribution in [0.3, 0.4) is 0 Å². The molecule has 0 saturated carbocycles. The van der Waals surface area contributed by atoms with Gasteiger partial charge in [-0.3, -0.25) is 4.52 Å². The number of likely N-dealkylation sites (tertiary alicyclic amines) is 1. The van der Waals surface area contributed by atoms with Gasteiger partial charge in [-0.1, -0.05) is 91.0 Å². The maximum absolute atomic E-state index is 13.7. The van der Waals surface area contributed by atoms with Crippen LogP contribution in [0.2, 0.25) is 0 Å². The largest absolute Gasteiger partial charge is 0.469 e. The Morgan fingerprint density at radius 3 is 1.89 bits per heavy atom. The molecule has 1 unspecified atom stereocenters. The predicted molar refractivity (Wildman–Crippen MR) is 173 cm³/mol. The number of ether oxygens (including phenoxy) is 1. The molecule has 1 fully saturated rings. The van der Waals surface area contributed by atoms with Crippen LogP contribution in [0.1, 0.15) is 61.6 Å². The number of phosphoric ester groups is 1. The molecule has 4 rings (SSSR count). The maximum atomic E-state index is 13.7. The van der Waals surface area contributed by atoms with Crippen molar-refractivity contribution >= 4 is 19.8 Å².